The molecule has 0 amide bonds. The molecular formula is CH3NO3Se2. The Morgan fingerprint density at radius 3 is 1.71 bits per heavy atom. The molecule has 6 heteroatoms. The van der Waals surface area contributed by atoms with Crippen molar-refractivity contribution in [1.29, 1.82) is 5.26 Å². The molecule has 0 saturated carbocycles. The molecule has 0 aliphatic heterocycles. The van der Waals surface area contributed by atoms with Gasteiger partial charge in [-0.25, -0.2) is 0 Å². The van der Waals surface area contributed by atoms with Gasteiger partial charge < -0.3 is 0 Å². The summed E-state index contributed by atoms with van der Waals surface area (Å²) < 4.78 is 23.1. The van der Waals surface area contributed by atoms with E-state index in [1.807, 2.05) is 0 Å². The number of nitriles is 1. The first-order valence-corrected chi connectivity index (χ1v) is 4.15. The summed E-state index contributed by atoms with van der Waals surface area (Å²) in [5.74, 6) is 0. The van der Waals surface area contributed by atoms with Crippen molar-refractivity contribution < 1.29 is 12.2 Å². The molecule has 4 nitrogen and oxygen atoms in total. The Labute approximate surface area is 53.3 Å². The standard InChI is InChI=1S/CHNSe.H2O3Se/c2-1-3;1-4(2)3/h3H;(H2,1,2,3). The molecule has 0 aromatic rings. The van der Waals surface area contributed by atoms with Gasteiger partial charge in [-0.1, -0.05) is 0 Å². The van der Waals surface area contributed by atoms with Crippen molar-refractivity contribution in [3.05, 3.63) is 0 Å². The zero-order valence-corrected chi connectivity index (χ0v) is 6.69. The van der Waals surface area contributed by atoms with Crippen molar-refractivity contribution in [3.8, 4) is 4.97 Å². The van der Waals surface area contributed by atoms with E-state index in [4.69, 9.17) is 17.5 Å². The first-order chi connectivity index (χ1) is 3.15. The van der Waals surface area contributed by atoms with Crippen molar-refractivity contribution in [2.75, 3.05) is 0 Å². The van der Waals surface area contributed by atoms with Crippen LogP contribution in [-0.4, -0.2) is 38.9 Å². The second kappa shape index (κ2) is 9.54. The predicted octanol–water partition coefficient (Wildman–Crippen LogP) is -2.25. The first kappa shape index (κ1) is 10.3. The Balaban J connectivity index is 0. The number of nitrogens with zero attached hydrogens (tertiary/aromatic N) is 1. The second-order valence-corrected chi connectivity index (χ2v) is 1.72. The molecule has 0 fully saturated rings. The molecule has 0 radical (unpaired) electrons. The van der Waals surface area contributed by atoms with Crippen molar-refractivity contribution in [3.63, 3.8) is 0 Å². The molecule has 0 unspecified atom stereocenters. The van der Waals surface area contributed by atoms with Crippen molar-refractivity contribution >= 4 is 30.5 Å². The van der Waals surface area contributed by atoms with Crippen LogP contribution in [0.5, 0.6) is 0 Å². The van der Waals surface area contributed by atoms with Crippen molar-refractivity contribution in [1.82, 2.24) is 0 Å². The third kappa shape index (κ3) is 1820. The number of hydrogen-bond acceptors (Lipinski definition) is 2. The van der Waals surface area contributed by atoms with Crippen LogP contribution in [0.15, 0.2) is 0 Å². The van der Waals surface area contributed by atoms with Crippen LogP contribution < -0.4 is 0 Å². The van der Waals surface area contributed by atoms with Gasteiger partial charge in [-0.3, -0.25) is 0 Å². The summed E-state index contributed by atoms with van der Waals surface area (Å²) >= 11 is -1.52. The van der Waals surface area contributed by atoms with Crippen LogP contribution in [0.2, 0.25) is 0 Å². The van der Waals surface area contributed by atoms with Crippen LogP contribution in [0.4, 0.5) is 0 Å². The van der Waals surface area contributed by atoms with Gasteiger partial charge in [0.1, 0.15) is 0 Å². The van der Waals surface area contributed by atoms with Crippen molar-refractivity contribution in [2.45, 2.75) is 0 Å². The topological polar surface area (TPSA) is 81.3 Å². The molecule has 42 valence electrons. The Hall–Kier alpha value is 0.249. The van der Waals surface area contributed by atoms with Crippen molar-refractivity contribution in [2.24, 2.45) is 0 Å². The fourth-order valence-electron chi connectivity index (χ4n) is 0. The fourth-order valence-corrected chi connectivity index (χ4v) is 0. The van der Waals surface area contributed by atoms with Crippen LogP contribution in [-0.2, 0) is 3.83 Å². The zero-order valence-electron chi connectivity index (χ0n) is 3.11. The van der Waals surface area contributed by atoms with Crippen LogP contribution in [0.1, 0.15) is 0 Å². The van der Waals surface area contributed by atoms with E-state index in [0.29, 0.717) is 0 Å². The van der Waals surface area contributed by atoms with E-state index in [2.05, 4.69) is 0 Å². The number of rotatable bonds is 0. The van der Waals surface area contributed by atoms with Gasteiger partial charge in [-0.2, -0.15) is 0 Å². The summed E-state index contributed by atoms with van der Waals surface area (Å²) in [6, 6.07) is 0. The van der Waals surface area contributed by atoms with Gasteiger partial charge in [0, 0.05) is 0 Å². The summed E-state index contributed by atoms with van der Waals surface area (Å²) in [6.45, 7) is 0. The molecule has 0 aliphatic rings. The van der Waals surface area contributed by atoms with Gasteiger partial charge in [0.05, 0.1) is 0 Å². The third-order valence-corrected chi connectivity index (χ3v) is 0. The summed E-state index contributed by atoms with van der Waals surface area (Å²) in [5.41, 5.74) is 0. The molecule has 2 N–H and O–H groups in total. The maximum atomic E-state index is 8.76. The third-order valence-electron chi connectivity index (χ3n) is 0. The average Bonchev–Trinajstić information content (AvgIpc) is 1.33. The van der Waals surface area contributed by atoms with Gasteiger partial charge in [0.2, 0.25) is 0 Å². The van der Waals surface area contributed by atoms with Crippen LogP contribution >= 0.6 is 0 Å². The Morgan fingerprint density at radius 2 is 1.71 bits per heavy atom. The van der Waals surface area contributed by atoms with E-state index >= 15 is 0 Å². The SMILES string of the molecule is N#C[SeH].O=[Se](O)O. The normalized spacial score (nSPS) is 6.14. The monoisotopic (exact) mass is 237 g/mol. The van der Waals surface area contributed by atoms with Gasteiger partial charge in [-0.15, -0.1) is 0 Å². The maximum absolute atomic E-state index is 8.76. The van der Waals surface area contributed by atoms with E-state index in [0.717, 1.165) is 0 Å². The molecule has 0 spiro atoms. The van der Waals surface area contributed by atoms with Gasteiger partial charge in [0.25, 0.3) is 0 Å². The van der Waals surface area contributed by atoms with Crippen LogP contribution in [0.25, 0.3) is 0 Å². The van der Waals surface area contributed by atoms with E-state index < -0.39 is 14.5 Å². The predicted molar refractivity (Wildman–Crippen MR) is 23.6 cm³/mol. The van der Waals surface area contributed by atoms with Crippen LogP contribution in [0, 0.1) is 10.2 Å². The van der Waals surface area contributed by atoms with E-state index in [-0.39, 0.29) is 0 Å². The molecule has 0 aliphatic carbocycles. The summed E-state index contributed by atoms with van der Waals surface area (Å²) in [5, 5.41) is 7.29. The molecule has 0 atom stereocenters. The molecule has 0 heterocycles. The molecule has 0 aromatic heterocycles. The number of hydrogen-bond donors (Lipinski definition) is 2. The molecular weight excluding hydrogens is 232 g/mol. The summed E-state index contributed by atoms with van der Waals surface area (Å²) in [4.78, 5) is 1.69. The quantitative estimate of drug-likeness (QED) is 0.465. The Kier molecular flexibility index (Phi) is 14.0. The molecule has 7 heavy (non-hydrogen) atoms. The zero-order chi connectivity index (χ0) is 6.28. The first-order valence-electron chi connectivity index (χ1n) is 0.979. The minimum absolute atomic E-state index is 1.69. The average molecular weight is 235 g/mol. The molecule has 0 rings (SSSR count). The Bertz CT molecular complexity index is 81.4. The molecule has 0 saturated heterocycles. The van der Waals surface area contributed by atoms with E-state index in [1.54, 1.807) is 21.0 Å². The fraction of sp³-hybridized carbons (Fsp3) is 0. The minimum atomic E-state index is -3.29. The molecule has 0 bridgehead atoms. The van der Waals surface area contributed by atoms with E-state index in [9.17, 15) is 0 Å². The second-order valence-electron chi connectivity index (χ2n) is 0.331. The Morgan fingerprint density at radius 1 is 1.71 bits per heavy atom. The van der Waals surface area contributed by atoms with Gasteiger partial charge >= 0.3 is 52.9 Å². The van der Waals surface area contributed by atoms with Gasteiger partial charge in [-0.05, 0) is 0 Å². The van der Waals surface area contributed by atoms with E-state index in [1.165, 1.54) is 0 Å². The summed E-state index contributed by atoms with van der Waals surface area (Å²) in [6.07, 6.45) is 0. The van der Waals surface area contributed by atoms with Gasteiger partial charge in [0.15, 0.2) is 0 Å². The molecule has 0 aromatic carbocycles. The summed E-state index contributed by atoms with van der Waals surface area (Å²) in [7, 11) is 0. The van der Waals surface area contributed by atoms with Crippen LogP contribution in [0.3, 0.4) is 0 Å².